The summed E-state index contributed by atoms with van der Waals surface area (Å²) in [7, 11) is 0. The van der Waals surface area contributed by atoms with Gasteiger partial charge in [0.2, 0.25) is 0 Å². The van der Waals surface area contributed by atoms with Crippen molar-refractivity contribution in [3.63, 3.8) is 0 Å². The van der Waals surface area contributed by atoms with Gasteiger partial charge in [-0.3, -0.25) is 9.89 Å². The van der Waals surface area contributed by atoms with Gasteiger partial charge in [0.1, 0.15) is 11.9 Å². The minimum absolute atomic E-state index is 0.0769. The summed E-state index contributed by atoms with van der Waals surface area (Å²) >= 11 is 0. The quantitative estimate of drug-likeness (QED) is 0.508. The van der Waals surface area contributed by atoms with E-state index in [0.717, 1.165) is 54.2 Å². The van der Waals surface area contributed by atoms with E-state index in [2.05, 4.69) is 20.8 Å². The highest BCUT2D eigenvalue weighted by molar-refractivity contribution is 5.95. The molecule has 0 spiro atoms. The van der Waals surface area contributed by atoms with Crippen LogP contribution in [0.3, 0.4) is 0 Å². The number of hydrogen-bond acceptors (Lipinski definition) is 4. The topological polar surface area (TPSA) is 79.0 Å². The number of nitrogens with one attached hydrogen (secondary N) is 3. The third-order valence-electron chi connectivity index (χ3n) is 5.17. The predicted octanol–water partition coefficient (Wildman–Crippen LogP) is 5.04. The van der Waals surface area contributed by atoms with Crippen LogP contribution in [-0.4, -0.2) is 41.3 Å². The molecule has 1 fully saturated rings. The number of amides is 1. The molecule has 0 atom stereocenters. The van der Waals surface area contributed by atoms with Crippen LogP contribution in [0.1, 0.15) is 50.9 Å². The van der Waals surface area contributed by atoms with Gasteiger partial charge in [-0.25, -0.2) is 0 Å². The highest BCUT2D eigenvalue weighted by atomic mass is 16.5. The summed E-state index contributed by atoms with van der Waals surface area (Å²) in [5.74, 6) is 0.821. The minimum Gasteiger partial charge on any atom is -0.490 e. The minimum atomic E-state index is -0.0769. The van der Waals surface area contributed by atoms with Gasteiger partial charge in [0.05, 0.1) is 11.4 Å². The van der Waals surface area contributed by atoms with Crippen molar-refractivity contribution in [2.24, 2.45) is 0 Å². The van der Waals surface area contributed by atoms with Crippen LogP contribution in [-0.2, 0) is 0 Å². The van der Waals surface area contributed by atoms with Gasteiger partial charge in [-0.05, 0) is 87.8 Å². The summed E-state index contributed by atoms with van der Waals surface area (Å²) in [6.45, 7) is 9.93. The van der Waals surface area contributed by atoms with Gasteiger partial charge in [0, 0.05) is 17.2 Å². The normalized spacial score (nSPS) is 13.9. The Bertz CT molecular complexity index is 989. The molecule has 6 nitrogen and oxygen atoms in total. The van der Waals surface area contributed by atoms with Crippen LogP contribution in [0.4, 0.5) is 0 Å². The van der Waals surface area contributed by atoms with E-state index in [1.54, 1.807) is 0 Å². The van der Waals surface area contributed by atoms with E-state index in [1.165, 1.54) is 0 Å². The first-order chi connectivity index (χ1) is 15.6. The second-order valence-electron chi connectivity index (χ2n) is 7.97. The summed E-state index contributed by atoms with van der Waals surface area (Å²) in [6, 6.07) is 17.7. The molecule has 4 rings (SSSR count). The fourth-order valence-electron chi connectivity index (χ4n) is 3.60. The molecule has 1 aromatic heterocycles. The van der Waals surface area contributed by atoms with Gasteiger partial charge in [-0.15, -0.1) is 0 Å². The fourth-order valence-corrected chi connectivity index (χ4v) is 3.60. The molecule has 1 saturated heterocycles. The Kier molecular flexibility index (Phi) is 8.45. The Labute approximate surface area is 190 Å². The second-order valence-corrected chi connectivity index (χ2v) is 7.97. The van der Waals surface area contributed by atoms with Crippen LogP contribution in [0.25, 0.3) is 22.5 Å². The molecule has 1 aliphatic rings. The van der Waals surface area contributed by atoms with E-state index in [0.29, 0.717) is 5.56 Å². The Morgan fingerprint density at radius 3 is 2.44 bits per heavy atom. The zero-order valence-corrected chi connectivity index (χ0v) is 19.4. The molecule has 0 bridgehead atoms. The first-order valence-electron chi connectivity index (χ1n) is 11.5. The number of aromatic amines is 1. The van der Waals surface area contributed by atoms with E-state index in [1.807, 2.05) is 82.3 Å². The van der Waals surface area contributed by atoms with Crippen molar-refractivity contribution in [1.29, 1.82) is 0 Å². The van der Waals surface area contributed by atoms with Crippen LogP contribution >= 0.6 is 0 Å². The van der Waals surface area contributed by atoms with E-state index < -0.39 is 0 Å². The van der Waals surface area contributed by atoms with E-state index in [9.17, 15) is 4.79 Å². The molecule has 32 heavy (non-hydrogen) atoms. The van der Waals surface area contributed by atoms with Crippen LogP contribution in [0.2, 0.25) is 0 Å². The molecule has 3 aromatic rings. The Morgan fingerprint density at radius 2 is 1.75 bits per heavy atom. The van der Waals surface area contributed by atoms with Crippen molar-refractivity contribution >= 4 is 5.91 Å². The number of carbonyl (C=O) groups is 1. The van der Waals surface area contributed by atoms with E-state index in [4.69, 9.17) is 4.74 Å². The summed E-state index contributed by atoms with van der Waals surface area (Å²) in [6.07, 6.45) is 2.37. The fraction of sp³-hybridized carbons (Fsp3) is 0.385. The van der Waals surface area contributed by atoms with Gasteiger partial charge in [0.25, 0.3) is 5.91 Å². The molecule has 1 aliphatic heterocycles. The Balaban J connectivity index is 0.00000141. The average molecular weight is 435 g/mol. The van der Waals surface area contributed by atoms with Crippen molar-refractivity contribution in [1.82, 2.24) is 20.8 Å². The molecule has 0 unspecified atom stereocenters. The van der Waals surface area contributed by atoms with Crippen LogP contribution in [0.5, 0.6) is 5.75 Å². The van der Waals surface area contributed by atoms with Crippen molar-refractivity contribution in [3.8, 4) is 28.3 Å². The van der Waals surface area contributed by atoms with Crippen LogP contribution < -0.4 is 15.4 Å². The Morgan fingerprint density at radius 1 is 1.03 bits per heavy atom. The third kappa shape index (κ3) is 6.20. The van der Waals surface area contributed by atoms with Gasteiger partial charge in [-0.1, -0.05) is 26.0 Å². The molecule has 0 radical (unpaired) electrons. The first kappa shape index (κ1) is 23.5. The lowest BCUT2D eigenvalue weighted by Gasteiger charge is -2.23. The molecule has 0 saturated carbocycles. The van der Waals surface area contributed by atoms with Crippen molar-refractivity contribution in [2.75, 3.05) is 13.1 Å². The lowest BCUT2D eigenvalue weighted by molar-refractivity contribution is 0.0943. The summed E-state index contributed by atoms with van der Waals surface area (Å²) < 4.78 is 6.08. The van der Waals surface area contributed by atoms with Crippen LogP contribution in [0.15, 0.2) is 54.6 Å². The van der Waals surface area contributed by atoms with Gasteiger partial charge in [-0.2, -0.15) is 5.10 Å². The number of nitrogens with zero attached hydrogens (tertiary/aromatic N) is 1. The monoisotopic (exact) mass is 434 g/mol. The van der Waals surface area contributed by atoms with Gasteiger partial charge < -0.3 is 15.4 Å². The maximum absolute atomic E-state index is 12.3. The zero-order valence-electron chi connectivity index (χ0n) is 19.4. The highest BCUT2D eigenvalue weighted by Gasteiger charge is 2.15. The molecular weight excluding hydrogens is 400 g/mol. The first-order valence-corrected chi connectivity index (χ1v) is 11.5. The molecule has 3 N–H and O–H groups in total. The molecule has 2 aromatic carbocycles. The molecular formula is C26H34N4O2. The Hall–Kier alpha value is -3.12. The molecule has 0 aliphatic carbocycles. The van der Waals surface area contributed by atoms with E-state index in [-0.39, 0.29) is 18.1 Å². The SMILES string of the molecule is CC.CC(C)NC(=O)c1cccc(-c2cc(-c3ccc(OC4CCNCC4)cc3)[nH]n2)c1. The molecule has 170 valence electrons. The zero-order chi connectivity index (χ0) is 22.9. The second kappa shape index (κ2) is 11.5. The van der Waals surface area contributed by atoms with Crippen molar-refractivity contribution < 1.29 is 9.53 Å². The number of piperidine rings is 1. The number of hydrogen-bond donors (Lipinski definition) is 3. The number of ether oxygens (including phenoxy) is 1. The number of H-pyrrole nitrogens is 1. The largest absolute Gasteiger partial charge is 0.490 e. The summed E-state index contributed by atoms with van der Waals surface area (Å²) in [5.41, 5.74) is 4.31. The molecule has 2 heterocycles. The lowest BCUT2D eigenvalue weighted by Crippen LogP contribution is -2.34. The maximum Gasteiger partial charge on any atom is 0.251 e. The van der Waals surface area contributed by atoms with Crippen molar-refractivity contribution in [3.05, 3.63) is 60.2 Å². The van der Waals surface area contributed by atoms with Crippen molar-refractivity contribution in [2.45, 2.75) is 52.7 Å². The maximum atomic E-state index is 12.3. The van der Waals surface area contributed by atoms with E-state index >= 15 is 0 Å². The average Bonchev–Trinajstić information content (AvgIpc) is 3.32. The lowest BCUT2D eigenvalue weighted by atomic mass is 10.1. The summed E-state index contributed by atoms with van der Waals surface area (Å²) in [4.78, 5) is 12.3. The predicted molar refractivity (Wildman–Crippen MR) is 130 cm³/mol. The van der Waals surface area contributed by atoms with Crippen LogP contribution in [0, 0.1) is 0 Å². The number of aromatic nitrogens is 2. The summed E-state index contributed by atoms with van der Waals surface area (Å²) in [5, 5.41) is 13.8. The standard InChI is InChI=1S/C24H28N4O2.C2H6/c1-16(2)26-24(29)19-5-3-4-18(14-19)23-15-22(27-28-23)17-6-8-20(9-7-17)30-21-10-12-25-13-11-21;1-2/h3-9,14-16,21,25H,10-13H2,1-2H3,(H,26,29)(H,27,28);1-2H3. The highest BCUT2D eigenvalue weighted by Crippen LogP contribution is 2.26. The number of rotatable bonds is 6. The van der Waals surface area contributed by atoms with Gasteiger partial charge >= 0.3 is 0 Å². The van der Waals surface area contributed by atoms with Gasteiger partial charge in [0.15, 0.2) is 0 Å². The third-order valence-corrected chi connectivity index (χ3v) is 5.17. The molecule has 1 amide bonds. The molecule has 6 heteroatoms. The number of benzene rings is 2. The number of carbonyl (C=O) groups excluding carboxylic acids is 1. The smallest absolute Gasteiger partial charge is 0.251 e.